The Kier molecular flexibility index (Phi) is 4.22. The van der Waals surface area contributed by atoms with Crippen molar-refractivity contribution < 1.29 is 9.59 Å². The number of amides is 2. The summed E-state index contributed by atoms with van der Waals surface area (Å²) in [5, 5.41) is 0. The van der Waals surface area contributed by atoms with Crippen molar-refractivity contribution >= 4 is 11.8 Å². The van der Waals surface area contributed by atoms with Crippen LogP contribution < -0.4 is 5.73 Å². The van der Waals surface area contributed by atoms with Gasteiger partial charge in [0.2, 0.25) is 11.8 Å². The lowest BCUT2D eigenvalue weighted by Crippen LogP contribution is -2.45. The minimum Gasteiger partial charge on any atom is -0.368 e. The molecule has 2 atom stereocenters. The van der Waals surface area contributed by atoms with E-state index in [-0.39, 0.29) is 11.8 Å². The van der Waals surface area contributed by atoms with E-state index < -0.39 is 6.04 Å². The van der Waals surface area contributed by atoms with Crippen molar-refractivity contribution in [2.75, 3.05) is 26.2 Å². The van der Waals surface area contributed by atoms with Gasteiger partial charge in [0.25, 0.3) is 0 Å². The number of nitrogens with two attached hydrogens (primary N) is 1. The van der Waals surface area contributed by atoms with Gasteiger partial charge in [-0.25, -0.2) is 0 Å². The number of hydrogen-bond acceptors (Lipinski definition) is 3. The first kappa shape index (κ1) is 13.3. The minimum atomic E-state index is -0.416. The molecular weight excluding hydrogens is 230 g/mol. The van der Waals surface area contributed by atoms with E-state index >= 15 is 0 Å². The fourth-order valence-corrected chi connectivity index (χ4v) is 3.14. The summed E-state index contributed by atoms with van der Waals surface area (Å²) in [6.07, 6.45) is 3.71. The van der Waals surface area contributed by atoms with Crippen LogP contribution in [0.2, 0.25) is 0 Å². The second-order valence-corrected chi connectivity index (χ2v) is 5.45. The van der Waals surface area contributed by atoms with Gasteiger partial charge in [0.15, 0.2) is 0 Å². The zero-order valence-corrected chi connectivity index (χ0v) is 11.1. The third-order valence-corrected chi connectivity index (χ3v) is 4.04. The van der Waals surface area contributed by atoms with Crippen molar-refractivity contribution in [2.24, 2.45) is 11.7 Å². The Morgan fingerprint density at radius 3 is 2.67 bits per heavy atom. The van der Waals surface area contributed by atoms with Gasteiger partial charge in [-0.15, -0.1) is 0 Å². The summed E-state index contributed by atoms with van der Waals surface area (Å²) in [4.78, 5) is 27.4. The van der Waals surface area contributed by atoms with Gasteiger partial charge in [0.05, 0.1) is 0 Å². The highest BCUT2D eigenvalue weighted by Gasteiger charge is 2.36. The zero-order chi connectivity index (χ0) is 13.1. The van der Waals surface area contributed by atoms with E-state index in [0.29, 0.717) is 25.3 Å². The van der Waals surface area contributed by atoms with E-state index in [9.17, 15) is 9.59 Å². The van der Waals surface area contributed by atoms with Gasteiger partial charge in [-0.2, -0.15) is 0 Å². The topological polar surface area (TPSA) is 66.6 Å². The fourth-order valence-electron chi connectivity index (χ4n) is 3.14. The van der Waals surface area contributed by atoms with Crippen LogP contribution in [0.4, 0.5) is 0 Å². The molecule has 0 aromatic rings. The lowest BCUT2D eigenvalue weighted by atomic mass is 10.1. The molecule has 102 valence electrons. The summed E-state index contributed by atoms with van der Waals surface area (Å²) in [5.74, 6) is 0.0709. The molecule has 0 aliphatic carbocycles. The van der Waals surface area contributed by atoms with E-state index in [0.717, 1.165) is 19.6 Å². The number of nitrogens with zero attached hydrogens (tertiary/aromatic N) is 2. The van der Waals surface area contributed by atoms with Crippen molar-refractivity contribution in [3.05, 3.63) is 0 Å². The molecular formula is C13H23N3O2. The number of likely N-dealkylation sites (tertiary alicyclic amines) is 2. The zero-order valence-electron chi connectivity index (χ0n) is 11.1. The molecule has 2 rings (SSSR count). The average molecular weight is 253 g/mol. The summed E-state index contributed by atoms with van der Waals surface area (Å²) < 4.78 is 0. The van der Waals surface area contributed by atoms with Crippen LogP contribution >= 0.6 is 0 Å². The number of primary amides is 1. The molecule has 2 fully saturated rings. The van der Waals surface area contributed by atoms with E-state index in [4.69, 9.17) is 5.73 Å². The van der Waals surface area contributed by atoms with Gasteiger partial charge in [-0.1, -0.05) is 6.92 Å². The lowest BCUT2D eigenvalue weighted by molar-refractivity contribution is -0.136. The van der Waals surface area contributed by atoms with Gasteiger partial charge >= 0.3 is 0 Å². The van der Waals surface area contributed by atoms with Gasteiger partial charge in [-0.3, -0.25) is 9.59 Å². The van der Waals surface area contributed by atoms with Gasteiger partial charge in [0.1, 0.15) is 6.04 Å². The first-order valence-electron chi connectivity index (χ1n) is 6.93. The van der Waals surface area contributed by atoms with Crippen molar-refractivity contribution in [3.63, 3.8) is 0 Å². The highest BCUT2D eigenvalue weighted by Crippen LogP contribution is 2.23. The minimum absolute atomic E-state index is 0.0878. The Morgan fingerprint density at radius 1 is 1.44 bits per heavy atom. The van der Waals surface area contributed by atoms with Crippen LogP contribution in [-0.2, 0) is 9.59 Å². The van der Waals surface area contributed by atoms with Crippen molar-refractivity contribution in [3.8, 4) is 0 Å². The summed E-state index contributed by atoms with van der Waals surface area (Å²) in [7, 11) is 0. The lowest BCUT2D eigenvalue weighted by Gasteiger charge is -2.25. The number of carbonyl (C=O) groups excluding carboxylic acids is 2. The van der Waals surface area contributed by atoms with E-state index in [1.165, 1.54) is 12.8 Å². The molecule has 0 saturated carbocycles. The quantitative estimate of drug-likeness (QED) is 0.761. The third-order valence-electron chi connectivity index (χ3n) is 4.04. The predicted molar refractivity (Wildman–Crippen MR) is 68.8 cm³/mol. The molecule has 0 radical (unpaired) electrons. The van der Waals surface area contributed by atoms with Crippen LogP contribution in [0.3, 0.4) is 0 Å². The van der Waals surface area contributed by atoms with Crippen LogP contribution in [0, 0.1) is 5.92 Å². The smallest absolute Gasteiger partial charge is 0.240 e. The van der Waals surface area contributed by atoms with Crippen LogP contribution in [-0.4, -0.2) is 53.8 Å². The van der Waals surface area contributed by atoms with Gasteiger partial charge < -0.3 is 15.5 Å². The SMILES string of the molecule is CC[C@H](C(N)=O)N1C[C@H](CN2CCCC2)CC1=O. The Morgan fingerprint density at radius 2 is 2.11 bits per heavy atom. The van der Waals surface area contributed by atoms with Gasteiger partial charge in [0, 0.05) is 19.5 Å². The predicted octanol–water partition coefficient (Wildman–Crippen LogP) is 0.195. The van der Waals surface area contributed by atoms with E-state index in [1.807, 2.05) is 6.92 Å². The summed E-state index contributed by atoms with van der Waals surface area (Å²) in [6, 6.07) is -0.416. The molecule has 2 heterocycles. The molecule has 0 aromatic carbocycles. The fraction of sp³-hybridized carbons (Fsp3) is 0.846. The monoisotopic (exact) mass is 253 g/mol. The molecule has 0 bridgehead atoms. The second-order valence-electron chi connectivity index (χ2n) is 5.45. The Balaban J connectivity index is 1.91. The summed E-state index contributed by atoms with van der Waals surface area (Å²) in [5.41, 5.74) is 5.36. The van der Waals surface area contributed by atoms with E-state index in [1.54, 1.807) is 4.90 Å². The molecule has 2 N–H and O–H groups in total. The standard InChI is InChI=1S/C13H23N3O2/c1-2-11(13(14)18)16-9-10(7-12(16)17)8-15-5-3-4-6-15/h10-11H,2-9H2,1H3,(H2,14,18)/t10-,11+/m0/s1. The Bertz CT molecular complexity index is 326. The molecule has 18 heavy (non-hydrogen) atoms. The molecule has 2 amide bonds. The van der Waals surface area contributed by atoms with Crippen molar-refractivity contribution in [2.45, 2.75) is 38.6 Å². The van der Waals surface area contributed by atoms with Crippen LogP contribution in [0.5, 0.6) is 0 Å². The molecule has 0 aromatic heterocycles. The Hall–Kier alpha value is -1.10. The highest BCUT2D eigenvalue weighted by molar-refractivity contribution is 5.87. The summed E-state index contributed by atoms with van der Waals surface area (Å²) in [6.45, 7) is 5.88. The van der Waals surface area contributed by atoms with Crippen LogP contribution in [0.25, 0.3) is 0 Å². The molecule has 2 aliphatic heterocycles. The van der Waals surface area contributed by atoms with Crippen LogP contribution in [0.15, 0.2) is 0 Å². The number of carbonyl (C=O) groups is 2. The average Bonchev–Trinajstić information content (AvgIpc) is 2.91. The Labute approximate surface area is 108 Å². The van der Waals surface area contributed by atoms with Crippen molar-refractivity contribution in [1.82, 2.24) is 9.80 Å². The maximum Gasteiger partial charge on any atom is 0.240 e. The maximum absolute atomic E-state index is 12.0. The molecule has 2 aliphatic rings. The molecule has 5 heteroatoms. The maximum atomic E-state index is 12.0. The first-order chi connectivity index (χ1) is 8.61. The number of hydrogen-bond donors (Lipinski definition) is 1. The highest BCUT2D eigenvalue weighted by atomic mass is 16.2. The second kappa shape index (κ2) is 5.69. The third kappa shape index (κ3) is 2.83. The largest absolute Gasteiger partial charge is 0.368 e. The van der Waals surface area contributed by atoms with Crippen LogP contribution in [0.1, 0.15) is 32.6 Å². The van der Waals surface area contributed by atoms with Crippen molar-refractivity contribution in [1.29, 1.82) is 0 Å². The molecule has 0 unspecified atom stereocenters. The molecule has 5 nitrogen and oxygen atoms in total. The number of rotatable bonds is 5. The molecule has 0 spiro atoms. The van der Waals surface area contributed by atoms with E-state index in [2.05, 4.69) is 4.90 Å². The van der Waals surface area contributed by atoms with Gasteiger partial charge in [-0.05, 0) is 38.3 Å². The molecule has 2 saturated heterocycles. The normalized spacial score (nSPS) is 26.8. The first-order valence-corrected chi connectivity index (χ1v) is 6.93. The summed E-state index contributed by atoms with van der Waals surface area (Å²) >= 11 is 0.